The van der Waals surface area contributed by atoms with Crippen molar-refractivity contribution in [1.29, 1.82) is 0 Å². The average molecular weight is 607 g/mol. The van der Waals surface area contributed by atoms with Gasteiger partial charge in [0.2, 0.25) is 12.7 Å². The Kier molecular flexibility index (Phi) is 13.2. The molecule has 238 valence electrons. The molecule has 2 heterocycles. The van der Waals surface area contributed by atoms with E-state index in [0.29, 0.717) is 6.54 Å². The van der Waals surface area contributed by atoms with Crippen LogP contribution in [0.3, 0.4) is 0 Å². The van der Waals surface area contributed by atoms with Crippen molar-refractivity contribution in [2.45, 2.75) is 85.1 Å². The molecule has 2 aromatic rings. The number of nitrogens with zero attached hydrogens (tertiary/aromatic N) is 1. The molecular formula is C36H47FN2O5. The number of aliphatic carboxylic acids is 1. The van der Waals surface area contributed by atoms with Crippen LogP contribution in [0, 0.1) is 6.92 Å². The van der Waals surface area contributed by atoms with Crippen molar-refractivity contribution in [2.75, 3.05) is 25.2 Å². The number of allylic oxidation sites excluding steroid dienone is 4. The van der Waals surface area contributed by atoms with Gasteiger partial charge in [0.15, 0.2) is 11.5 Å². The van der Waals surface area contributed by atoms with Crippen LogP contribution in [0.25, 0.3) is 0 Å². The van der Waals surface area contributed by atoms with Crippen LogP contribution in [0.5, 0.6) is 11.5 Å². The molecular weight excluding hydrogens is 559 g/mol. The Morgan fingerprint density at radius 1 is 1.14 bits per heavy atom. The van der Waals surface area contributed by atoms with Crippen LogP contribution in [0.15, 0.2) is 66.5 Å². The predicted molar refractivity (Wildman–Crippen MR) is 174 cm³/mol. The largest absolute Gasteiger partial charge is 0.481 e. The molecule has 0 radical (unpaired) electrons. The molecule has 1 fully saturated rings. The number of fused-ring (bicyclic) bond motifs is 1. The molecule has 0 saturated carbocycles. The topological polar surface area (TPSA) is 88.1 Å². The first-order chi connectivity index (χ1) is 21.1. The molecule has 0 aliphatic carbocycles. The number of halogens is 1. The maximum atomic E-state index is 15.4. The van der Waals surface area contributed by atoms with Gasteiger partial charge in [-0.15, -0.1) is 0 Å². The number of aryl methyl sites for hydroxylation is 3. The molecule has 4 rings (SSSR count). The van der Waals surface area contributed by atoms with E-state index < -0.39 is 5.97 Å². The number of carbonyl (C=O) groups is 2. The van der Waals surface area contributed by atoms with Gasteiger partial charge in [-0.1, -0.05) is 64.1 Å². The monoisotopic (exact) mass is 606 g/mol. The van der Waals surface area contributed by atoms with Crippen molar-refractivity contribution in [3.8, 4) is 11.5 Å². The molecule has 1 amide bonds. The zero-order chi connectivity index (χ0) is 32.2. The smallest absolute Gasteiger partial charge is 0.300 e. The summed E-state index contributed by atoms with van der Waals surface area (Å²) in [5.41, 5.74) is 6.41. The van der Waals surface area contributed by atoms with E-state index in [1.165, 1.54) is 5.56 Å². The Morgan fingerprint density at radius 2 is 1.77 bits per heavy atom. The van der Waals surface area contributed by atoms with Crippen LogP contribution in [0.1, 0.15) is 81.5 Å². The van der Waals surface area contributed by atoms with E-state index in [2.05, 4.69) is 62.7 Å². The molecule has 0 bridgehead atoms. The van der Waals surface area contributed by atoms with Crippen molar-refractivity contribution in [3.05, 3.63) is 88.8 Å². The van der Waals surface area contributed by atoms with Crippen LogP contribution in [-0.4, -0.2) is 47.8 Å². The van der Waals surface area contributed by atoms with Crippen LogP contribution in [0.2, 0.25) is 0 Å². The third kappa shape index (κ3) is 9.55. The highest BCUT2D eigenvalue weighted by Gasteiger charge is 2.36. The fourth-order valence-electron chi connectivity index (χ4n) is 6.01. The van der Waals surface area contributed by atoms with Crippen molar-refractivity contribution < 1.29 is 28.6 Å². The molecule has 0 aromatic heterocycles. The Morgan fingerprint density at radius 3 is 2.36 bits per heavy atom. The number of carboxylic acids is 1. The van der Waals surface area contributed by atoms with Gasteiger partial charge in [0.25, 0.3) is 5.97 Å². The summed E-state index contributed by atoms with van der Waals surface area (Å²) < 4.78 is 26.6. The van der Waals surface area contributed by atoms with Gasteiger partial charge in [0.05, 0.1) is 6.54 Å². The van der Waals surface area contributed by atoms with Gasteiger partial charge >= 0.3 is 0 Å². The minimum absolute atomic E-state index is 0.0636. The standard InChI is InChI=1S/C34H43FN2O3.C2H4O2/c1-6-11-24(12-7-2)16-28(35)18-29-17-27(30-19-32-31(15-23(30)5)39-22-40-32)20-37(29)21-33(38)36-34-25(8-3)13-10-14-26(34)9-4;1-2(3)4/h6,10-11,13-16,19,27,29H,1,7-9,12,17-18,20-22H2,2-5H3,(H,36,38);1H3,(H,3,4)/b24-11-,28-16+;/t27-,29-;/m1./s1. The van der Waals surface area contributed by atoms with Gasteiger partial charge in [-0.2, -0.15) is 0 Å². The molecule has 1 saturated heterocycles. The van der Waals surface area contributed by atoms with E-state index in [1.807, 2.05) is 18.2 Å². The Hall–Kier alpha value is -3.91. The lowest BCUT2D eigenvalue weighted by atomic mass is 9.91. The maximum absolute atomic E-state index is 15.4. The first kappa shape index (κ1) is 34.6. The first-order valence-electron chi connectivity index (χ1n) is 15.5. The number of nitrogens with one attached hydrogen (secondary N) is 1. The number of likely N-dealkylation sites (tertiary alicyclic amines) is 1. The minimum Gasteiger partial charge on any atom is -0.481 e. The number of hydrogen-bond acceptors (Lipinski definition) is 5. The number of benzene rings is 2. The molecule has 2 aromatic carbocycles. The number of carbonyl (C=O) groups excluding carboxylic acids is 1. The normalized spacial score (nSPS) is 18.0. The van der Waals surface area contributed by atoms with Gasteiger partial charge in [0.1, 0.15) is 5.83 Å². The summed E-state index contributed by atoms with van der Waals surface area (Å²) in [4.78, 5) is 24.6. The molecule has 2 atom stereocenters. The highest BCUT2D eigenvalue weighted by Crippen LogP contribution is 2.42. The number of para-hydroxylation sites is 1. The zero-order valence-electron chi connectivity index (χ0n) is 26.7. The second kappa shape index (κ2) is 16.8. The molecule has 0 unspecified atom stereocenters. The Bertz CT molecular complexity index is 1360. The fourth-order valence-corrected chi connectivity index (χ4v) is 6.01. The first-order valence-corrected chi connectivity index (χ1v) is 15.5. The van der Waals surface area contributed by atoms with Crippen LogP contribution >= 0.6 is 0 Å². The Balaban J connectivity index is 0.00000124. The van der Waals surface area contributed by atoms with Crippen molar-refractivity contribution in [1.82, 2.24) is 4.90 Å². The number of hydrogen-bond donors (Lipinski definition) is 2. The zero-order valence-corrected chi connectivity index (χ0v) is 26.7. The third-order valence-corrected chi connectivity index (χ3v) is 7.98. The van der Waals surface area contributed by atoms with Crippen LogP contribution in [-0.2, 0) is 22.4 Å². The van der Waals surface area contributed by atoms with E-state index in [-0.39, 0.29) is 43.5 Å². The number of carboxylic acid groups (broad SMARTS) is 1. The highest BCUT2D eigenvalue weighted by atomic mass is 19.1. The molecule has 2 N–H and O–H groups in total. The SMILES string of the molecule is C=C/C=C(\C=C(\F)C[C@H]1C[C@@H](c2cc3c(cc2C)OCO3)CN1CC(=O)Nc1c(CC)cccc1CC)CCC.CC(=O)O. The molecule has 44 heavy (non-hydrogen) atoms. The second-order valence-electron chi connectivity index (χ2n) is 11.3. The lowest BCUT2D eigenvalue weighted by Crippen LogP contribution is -2.37. The predicted octanol–water partition coefficient (Wildman–Crippen LogP) is 7.89. The summed E-state index contributed by atoms with van der Waals surface area (Å²) in [6, 6.07) is 10.2. The number of anilines is 1. The van der Waals surface area contributed by atoms with Gasteiger partial charge in [-0.25, -0.2) is 4.39 Å². The van der Waals surface area contributed by atoms with Crippen molar-refractivity contribution in [2.24, 2.45) is 0 Å². The maximum Gasteiger partial charge on any atom is 0.300 e. The van der Waals surface area contributed by atoms with E-state index in [9.17, 15) is 4.79 Å². The summed E-state index contributed by atoms with van der Waals surface area (Å²) in [6.07, 6.45) is 9.66. The molecule has 2 aliphatic heterocycles. The molecule has 2 aliphatic rings. The summed E-state index contributed by atoms with van der Waals surface area (Å²) in [7, 11) is 0. The van der Waals surface area contributed by atoms with Crippen molar-refractivity contribution in [3.63, 3.8) is 0 Å². The number of rotatable bonds is 12. The van der Waals surface area contributed by atoms with E-state index >= 15 is 4.39 Å². The summed E-state index contributed by atoms with van der Waals surface area (Å²) in [5, 5.41) is 10.6. The molecule has 7 nitrogen and oxygen atoms in total. The lowest BCUT2D eigenvalue weighted by Gasteiger charge is -2.24. The Labute approximate surface area is 261 Å². The van der Waals surface area contributed by atoms with E-state index in [0.717, 1.165) is 78.5 Å². The lowest BCUT2D eigenvalue weighted by molar-refractivity contribution is -0.134. The van der Waals surface area contributed by atoms with Crippen molar-refractivity contribution >= 4 is 17.6 Å². The summed E-state index contributed by atoms with van der Waals surface area (Å²) in [6.45, 7) is 14.3. The second-order valence-corrected chi connectivity index (χ2v) is 11.3. The van der Waals surface area contributed by atoms with Gasteiger partial charge in [-0.3, -0.25) is 14.5 Å². The number of amides is 1. The minimum atomic E-state index is -0.833. The van der Waals surface area contributed by atoms with Crippen LogP contribution < -0.4 is 14.8 Å². The van der Waals surface area contributed by atoms with Gasteiger partial charge in [-0.05, 0) is 84.6 Å². The van der Waals surface area contributed by atoms with Gasteiger partial charge < -0.3 is 19.9 Å². The number of ether oxygens (including phenoxy) is 2. The molecule has 8 heteroatoms. The fraction of sp³-hybridized carbons (Fsp3) is 0.444. The van der Waals surface area contributed by atoms with Gasteiger partial charge in [0, 0.05) is 31.6 Å². The molecule has 0 spiro atoms. The van der Waals surface area contributed by atoms with Crippen LogP contribution in [0.4, 0.5) is 10.1 Å². The quantitative estimate of drug-likeness (QED) is 0.239. The highest BCUT2D eigenvalue weighted by molar-refractivity contribution is 5.94. The average Bonchev–Trinajstić information content (AvgIpc) is 3.58. The van der Waals surface area contributed by atoms with E-state index in [1.54, 1.807) is 12.2 Å². The van der Waals surface area contributed by atoms with E-state index in [4.69, 9.17) is 19.4 Å². The summed E-state index contributed by atoms with van der Waals surface area (Å²) >= 11 is 0. The third-order valence-electron chi connectivity index (χ3n) is 7.98. The summed E-state index contributed by atoms with van der Waals surface area (Å²) in [5.74, 6) is 0.616.